The number of aromatic nitrogens is 1. The Bertz CT molecular complexity index is 553. The van der Waals surface area contributed by atoms with E-state index >= 15 is 0 Å². The molecule has 0 spiro atoms. The molecule has 2 nitrogen and oxygen atoms in total. The van der Waals surface area contributed by atoms with Gasteiger partial charge in [0.15, 0.2) is 0 Å². The molecule has 0 aliphatic carbocycles. The predicted octanol–water partition coefficient (Wildman–Crippen LogP) is 3.95. The summed E-state index contributed by atoms with van der Waals surface area (Å²) in [5.74, 6) is 0. The van der Waals surface area contributed by atoms with Crippen molar-refractivity contribution < 1.29 is 13.2 Å². The Hall–Kier alpha value is -1.88. The van der Waals surface area contributed by atoms with Crippen LogP contribution >= 0.6 is 0 Å². The number of alkyl halides is 3. The van der Waals surface area contributed by atoms with Crippen LogP contribution in [0.2, 0.25) is 0 Å². The van der Waals surface area contributed by atoms with E-state index in [1.807, 2.05) is 12.1 Å². The molecule has 1 atom stereocenters. The van der Waals surface area contributed by atoms with Crippen LogP contribution < -0.4 is 5.32 Å². The standard InChI is InChI=1S/C15H15F3N2/c1-11(20-10-12-6-4-5-9-19-12)13-7-2-3-8-14(13)15(16,17)18/h2-9,11,20H,10H2,1H3. The fourth-order valence-corrected chi connectivity index (χ4v) is 2.00. The largest absolute Gasteiger partial charge is 0.416 e. The smallest absolute Gasteiger partial charge is 0.305 e. The minimum atomic E-state index is -4.34. The third-order valence-corrected chi connectivity index (χ3v) is 3.05. The average molecular weight is 280 g/mol. The predicted molar refractivity (Wildman–Crippen MR) is 70.9 cm³/mol. The van der Waals surface area contributed by atoms with Gasteiger partial charge < -0.3 is 5.32 Å². The number of hydrogen-bond acceptors (Lipinski definition) is 2. The zero-order valence-corrected chi connectivity index (χ0v) is 11.0. The first-order valence-electron chi connectivity index (χ1n) is 6.28. The van der Waals surface area contributed by atoms with E-state index in [1.54, 1.807) is 25.3 Å². The van der Waals surface area contributed by atoms with Gasteiger partial charge in [0.25, 0.3) is 0 Å². The summed E-state index contributed by atoms with van der Waals surface area (Å²) in [6.07, 6.45) is -2.68. The Labute approximate surface area is 115 Å². The highest BCUT2D eigenvalue weighted by atomic mass is 19.4. The lowest BCUT2D eigenvalue weighted by Crippen LogP contribution is -2.22. The summed E-state index contributed by atoms with van der Waals surface area (Å²) in [7, 11) is 0. The maximum atomic E-state index is 12.9. The molecule has 0 aliphatic heterocycles. The first kappa shape index (κ1) is 14.5. The van der Waals surface area contributed by atoms with E-state index in [1.165, 1.54) is 12.1 Å². The van der Waals surface area contributed by atoms with Crippen LogP contribution in [0, 0.1) is 0 Å². The summed E-state index contributed by atoms with van der Waals surface area (Å²) in [6, 6.07) is 10.7. The van der Waals surface area contributed by atoms with Crippen LogP contribution in [0.4, 0.5) is 13.2 Å². The third kappa shape index (κ3) is 3.57. The molecule has 0 saturated carbocycles. The summed E-state index contributed by atoms with van der Waals surface area (Å²) >= 11 is 0. The van der Waals surface area contributed by atoms with Crippen LogP contribution in [0.5, 0.6) is 0 Å². The third-order valence-electron chi connectivity index (χ3n) is 3.05. The van der Waals surface area contributed by atoms with Gasteiger partial charge in [0.05, 0.1) is 11.3 Å². The number of hydrogen-bond donors (Lipinski definition) is 1. The fraction of sp³-hybridized carbons (Fsp3) is 0.267. The highest BCUT2D eigenvalue weighted by Gasteiger charge is 2.33. The van der Waals surface area contributed by atoms with Crippen LogP contribution in [-0.4, -0.2) is 4.98 Å². The number of halogens is 3. The van der Waals surface area contributed by atoms with E-state index in [9.17, 15) is 13.2 Å². The lowest BCUT2D eigenvalue weighted by Gasteiger charge is -2.19. The maximum Gasteiger partial charge on any atom is 0.416 e. The van der Waals surface area contributed by atoms with E-state index in [0.29, 0.717) is 6.54 Å². The summed E-state index contributed by atoms with van der Waals surface area (Å²) < 4.78 is 38.8. The van der Waals surface area contributed by atoms with Gasteiger partial charge in [-0.3, -0.25) is 4.98 Å². The second-order valence-electron chi connectivity index (χ2n) is 4.51. The molecule has 1 aromatic carbocycles. The molecular formula is C15H15F3N2. The molecular weight excluding hydrogens is 265 g/mol. The zero-order chi connectivity index (χ0) is 14.6. The van der Waals surface area contributed by atoms with Crippen molar-refractivity contribution in [1.82, 2.24) is 10.3 Å². The molecule has 1 heterocycles. The van der Waals surface area contributed by atoms with Gasteiger partial charge in [0.2, 0.25) is 0 Å². The van der Waals surface area contributed by atoms with Gasteiger partial charge in [0, 0.05) is 18.8 Å². The van der Waals surface area contributed by atoms with Crippen LogP contribution in [0.3, 0.4) is 0 Å². The molecule has 0 amide bonds. The summed E-state index contributed by atoms with van der Waals surface area (Å²) in [6.45, 7) is 2.14. The Morgan fingerprint density at radius 3 is 2.45 bits per heavy atom. The molecule has 106 valence electrons. The lowest BCUT2D eigenvalue weighted by molar-refractivity contribution is -0.138. The van der Waals surface area contributed by atoms with Gasteiger partial charge in [-0.25, -0.2) is 0 Å². The normalized spacial score (nSPS) is 13.2. The van der Waals surface area contributed by atoms with Gasteiger partial charge in [-0.05, 0) is 30.7 Å². The number of rotatable bonds is 4. The van der Waals surface area contributed by atoms with Gasteiger partial charge in [0.1, 0.15) is 0 Å². The number of nitrogens with one attached hydrogen (secondary N) is 1. The first-order valence-corrected chi connectivity index (χ1v) is 6.28. The Morgan fingerprint density at radius 1 is 1.10 bits per heavy atom. The van der Waals surface area contributed by atoms with Gasteiger partial charge >= 0.3 is 6.18 Å². The molecule has 0 aliphatic rings. The summed E-state index contributed by atoms with van der Waals surface area (Å²) in [5.41, 5.74) is 0.445. The highest BCUT2D eigenvalue weighted by Crippen LogP contribution is 2.34. The molecule has 0 saturated heterocycles. The van der Waals surface area contributed by atoms with Crippen LogP contribution in [0.1, 0.15) is 29.8 Å². The molecule has 5 heteroatoms. The van der Waals surface area contributed by atoms with Gasteiger partial charge in [-0.2, -0.15) is 13.2 Å². The Morgan fingerprint density at radius 2 is 1.80 bits per heavy atom. The number of benzene rings is 1. The lowest BCUT2D eigenvalue weighted by atomic mass is 10.0. The minimum absolute atomic E-state index is 0.246. The number of pyridine rings is 1. The Balaban J connectivity index is 2.12. The van der Waals surface area contributed by atoms with E-state index in [-0.39, 0.29) is 5.56 Å². The first-order chi connectivity index (χ1) is 9.48. The van der Waals surface area contributed by atoms with Crippen molar-refractivity contribution in [2.75, 3.05) is 0 Å². The topological polar surface area (TPSA) is 24.9 Å². The summed E-state index contributed by atoms with van der Waals surface area (Å²) in [5, 5.41) is 3.07. The molecule has 0 fully saturated rings. The fourth-order valence-electron chi connectivity index (χ4n) is 2.00. The van der Waals surface area contributed by atoms with Crippen molar-refractivity contribution in [2.24, 2.45) is 0 Å². The molecule has 0 radical (unpaired) electrons. The van der Waals surface area contributed by atoms with Crippen molar-refractivity contribution in [3.8, 4) is 0 Å². The van der Waals surface area contributed by atoms with E-state index in [2.05, 4.69) is 10.3 Å². The molecule has 2 rings (SSSR count). The second-order valence-corrected chi connectivity index (χ2v) is 4.51. The quantitative estimate of drug-likeness (QED) is 0.917. The van der Waals surface area contributed by atoms with Crippen LogP contribution in [0.15, 0.2) is 48.7 Å². The van der Waals surface area contributed by atoms with E-state index < -0.39 is 17.8 Å². The average Bonchev–Trinajstić information content (AvgIpc) is 2.45. The van der Waals surface area contributed by atoms with Gasteiger partial charge in [-0.15, -0.1) is 0 Å². The SMILES string of the molecule is CC(NCc1ccccn1)c1ccccc1C(F)(F)F. The van der Waals surface area contributed by atoms with Crippen molar-refractivity contribution in [3.63, 3.8) is 0 Å². The monoisotopic (exact) mass is 280 g/mol. The molecule has 2 aromatic rings. The highest BCUT2D eigenvalue weighted by molar-refractivity contribution is 5.32. The van der Waals surface area contributed by atoms with Crippen LogP contribution in [0.25, 0.3) is 0 Å². The molecule has 1 unspecified atom stereocenters. The molecule has 1 N–H and O–H groups in total. The molecule has 0 bridgehead atoms. The molecule has 20 heavy (non-hydrogen) atoms. The minimum Gasteiger partial charge on any atom is -0.305 e. The maximum absolute atomic E-state index is 12.9. The second kappa shape index (κ2) is 6.05. The van der Waals surface area contributed by atoms with Gasteiger partial charge in [-0.1, -0.05) is 24.3 Å². The Kier molecular flexibility index (Phi) is 4.39. The van der Waals surface area contributed by atoms with Crippen molar-refractivity contribution in [1.29, 1.82) is 0 Å². The van der Waals surface area contributed by atoms with Crippen molar-refractivity contribution in [2.45, 2.75) is 25.7 Å². The van der Waals surface area contributed by atoms with E-state index in [0.717, 1.165) is 11.8 Å². The number of nitrogens with zero attached hydrogens (tertiary/aromatic N) is 1. The van der Waals surface area contributed by atoms with Crippen molar-refractivity contribution >= 4 is 0 Å². The van der Waals surface area contributed by atoms with E-state index in [4.69, 9.17) is 0 Å². The summed E-state index contributed by atoms with van der Waals surface area (Å²) in [4.78, 5) is 4.13. The van der Waals surface area contributed by atoms with Crippen molar-refractivity contribution in [3.05, 3.63) is 65.5 Å². The molecule has 1 aromatic heterocycles. The zero-order valence-electron chi connectivity index (χ0n) is 11.0. The van der Waals surface area contributed by atoms with Crippen LogP contribution in [-0.2, 0) is 12.7 Å².